The first-order valence-corrected chi connectivity index (χ1v) is 6.99. The summed E-state index contributed by atoms with van der Waals surface area (Å²) in [6.07, 6.45) is 4.79. The Morgan fingerprint density at radius 2 is 1.88 bits per heavy atom. The van der Waals surface area contributed by atoms with E-state index in [9.17, 15) is 5.11 Å². The first-order valence-electron chi connectivity index (χ1n) is 5.82. The maximum atomic E-state index is 10.7. The van der Waals surface area contributed by atoms with E-state index >= 15 is 0 Å². The number of hydrogen-bond donors (Lipinski definition) is 1. The lowest BCUT2D eigenvalue weighted by Gasteiger charge is -2.13. The van der Waals surface area contributed by atoms with Crippen molar-refractivity contribution in [3.63, 3.8) is 0 Å². The highest BCUT2D eigenvalue weighted by Crippen LogP contribution is 2.65. The predicted octanol–water partition coefficient (Wildman–Crippen LogP) is 4.11. The summed E-state index contributed by atoms with van der Waals surface area (Å²) in [5, 5.41) is 11.4. The minimum absolute atomic E-state index is 0.444. The van der Waals surface area contributed by atoms with E-state index in [0.29, 0.717) is 16.9 Å². The zero-order chi connectivity index (χ0) is 11.3. The molecular weight excluding hydrogens is 287 g/mol. The third-order valence-corrected chi connectivity index (χ3v) is 4.96. The van der Waals surface area contributed by atoms with Gasteiger partial charge in [0.2, 0.25) is 0 Å². The molecule has 2 aliphatic rings. The summed E-state index contributed by atoms with van der Waals surface area (Å²) < 4.78 is 0.966. The van der Waals surface area contributed by atoms with Gasteiger partial charge >= 0.3 is 0 Å². The van der Waals surface area contributed by atoms with Crippen molar-refractivity contribution in [2.75, 3.05) is 0 Å². The lowest BCUT2D eigenvalue weighted by Crippen LogP contribution is -2.10. The molecule has 0 heterocycles. The third-order valence-electron chi connectivity index (χ3n) is 4.15. The second-order valence-corrected chi connectivity index (χ2v) is 6.27. The van der Waals surface area contributed by atoms with Gasteiger partial charge in [0.25, 0.3) is 0 Å². The van der Waals surface area contributed by atoms with Crippen molar-refractivity contribution in [3.8, 4) is 0 Å². The van der Waals surface area contributed by atoms with Gasteiger partial charge in [0.1, 0.15) is 0 Å². The standard InChI is InChI=1S/C13H14BrClO/c14-8-5-6-11(12(15)7-8)13(16)9-3-1-2-4-10(9)13/h5-7,9-10,16H,1-4H2. The average Bonchev–Trinajstić information content (AvgIpc) is 2.86. The van der Waals surface area contributed by atoms with Gasteiger partial charge in [0.05, 0.1) is 5.60 Å². The van der Waals surface area contributed by atoms with Gasteiger partial charge in [-0.05, 0) is 36.8 Å². The fourth-order valence-corrected chi connectivity index (χ4v) is 4.13. The van der Waals surface area contributed by atoms with E-state index in [0.717, 1.165) is 22.9 Å². The first-order chi connectivity index (χ1) is 7.64. The minimum Gasteiger partial charge on any atom is -0.385 e. The molecule has 0 saturated heterocycles. The largest absolute Gasteiger partial charge is 0.385 e. The van der Waals surface area contributed by atoms with Crippen LogP contribution in [0.1, 0.15) is 31.2 Å². The van der Waals surface area contributed by atoms with E-state index in [1.54, 1.807) is 0 Å². The fourth-order valence-electron chi connectivity index (χ4n) is 3.31. The number of aliphatic hydroxyl groups is 1. The van der Waals surface area contributed by atoms with Crippen LogP contribution in [0.25, 0.3) is 0 Å². The number of hydrogen-bond acceptors (Lipinski definition) is 1. The summed E-state index contributed by atoms with van der Waals surface area (Å²) in [6, 6.07) is 5.80. The van der Waals surface area contributed by atoms with Gasteiger partial charge in [-0.15, -0.1) is 0 Å². The molecule has 3 rings (SSSR count). The number of halogens is 2. The van der Waals surface area contributed by atoms with Crippen molar-refractivity contribution < 1.29 is 5.11 Å². The van der Waals surface area contributed by atoms with Crippen LogP contribution in [0.15, 0.2) is 22.7 Å². The molecule has 0 spiro atoms. The van der Waals surface area contributed by atoms with Crippen molar-refractivity contribution in [2.45, 2.75) is 31.3 Å². The molecule has 1 aromatic rings. The maximum absolute atomic E-state index is 10.7. The van der Waals surface area contributed by atoms with E-state index in [-0.39, 0.29) is 0 Å². The third kappa shape index (κ3) is 1.47. The Kier molecular flexibility index (Phi) is 2.58. The molecule has 2 unspecified atom stereocenters. The molecule has 16 heavy (non-hydrogen) atoms. The number of rotatable bonds is 1. The molecule has 0 aliphatic heterocycles. The lowest BCUT2D eigenvalue weighted by molar-refractivity contribution is 0.118. The second kappa shape index (κ2) is 3.72. The Morgan fingerprint density at radius 1 is 1.25 bits per heavy atom. The lowest BCUT2D eigenvalue weighted by atomic mass is 10.0. The molecule has 2 fully saturated rings. The van der Waals surface area contributed by atoms with Crippen LogP contribution in [-0.2, 0) is 5.60 Å². The zero-order valence-electron chi connectivity index (χ0n) is 8.92. The smallest absolute Gasteiger partial charge is 0.0974 e. The zero-order valence-corrected chi connectivity index (χ0v) is 11.3. The summed E-state index contributed by atoms with van der Waals surface area (Å²) >= 11 is 9.62. The summed E-state index contributed by atoms with van der Waals surface area (Å²) in [7, 11) is 0. The van der Waals surface area contributed by atoms with Gasteiger partial charge < -0.3 is 5.11 Å². The Labute approximate surface area is 109 Å². The van der Waals surface area contributed by atoms with E-state index in [1.807, 2.05) is 18.2 Å². The molecule has 2 atom stereocenters. The summed E-state index contributed by atoms with van der Waals surface area (Å²) in [4.78, 5) is 0. The van der Waals surface area contributed by atoms with Gasteiger partial charge in [-0.2, -0.15) is 0 Å². The molecule has 3 heteroatoms. The molecule has 86 valence electrons. The molecule has 2 aliphatic carbocycles. The van der Waals surface area contributed by atoms with E-state index in [4.69, 9.17) is 11.6 Å². The van der Waals surface area contributed by atoms with Gasteiger partial charge in [-0.1, -0.05) is 46.4 Å². The number of benzene rings is 1. The van der Waals surface area contributed by atoms with Crippen LogP contribution in [0, 0.1) is 11.8 Å². The second-order valence-electron chi connectivity index (χ2n) is 4.95. The highest BCUT2D eigenvalue weighted by molar-refractivity contribution is 9.10. The van der Waals surface area contributed by atoms with Gasteiger partial charge in [0.15, 0.2) is 0 Å². The Bertz CT molecular complexity index is 420. The van der Waals surface area contributed by atoms with Crippen LogP contribution < -0.4 is 0 Å². The molecule has 1 aromatic carbocycles. The normalized spacial score (nSPS) is 36.9. The molecular formula is C13H14BrClO. The van der Waals surface area contributed by atoms with Crippen LogP contribution in [0.3, 0.4) is 0 Å². The topological polar surface area (TPSA) is 20.2 Å². The predicted molar refractivity (Wildman–Crippen MR) is 68.5 cm³/mol. The van der Waals surface area contributed by atoms with Crippen LogP contribution in [-0.4, -0.2) is 5.11 Å². The van der Waals surface area contributed by atoms with E-state index < -0.39 is 5.60 Å². The van der Waals surface area contributed by atoms with Crippen molar-refractivity contribution >= 4 is 27.5 Å². The van der Waals surface area contributed by atoms with Crippen molar-refractivity contribution in [1.82, 2.24) is 0 Å². The SMILES string of the molecule is OC1(c2ccc(Br)cc2Cl)C2CCCCC21. The van der Waals surface area contributed by atoms with Crippen molar-refractivity contribution in [2.24, 2.45) is 11.8 Å². The van der Waals surface area contributed by atoms with E-state index in [2.05, 4.69) is 15.9 Å². The van der Waals surface area contributed by atoms with Crippen LogP contribution in [0.2, 0.25) is 5.02 Å². The van der Waals surface area contributed by atoms with Crippen molar-refractivity contribution in [3.05, 3.63) is 33.3 Å². The molecule has 0 radical (unpaired) electrons. The molecule has 0 bridgehead atoms. The summed E-state index contributed by atoms with van der Waals surface area (Å²) in [6.45, 7) is 0. The van der Waals surface area contributed by atoms with Crippen LogP contribution in [0.5, 0.6) is 0 Å². The quantitative estimate of drug-likeness (QED) is 0.827. The van der Waals surface area contributed by atoms with E-state index in [1.165, 1.54) is 12.8 Å². The number of fused-ring (bicyclic) bond motifs is 1. The molecule has 1 nitrogen and oxygen atoms in total. The Morgan fingerprint density at radius 3 is 2.44 bits per heavy atom. The van der Waals surface area contributed by atoms with Gasteiger partial charge in [-0.3, -0.25) is 0 Å². The summed E-state index contributed by atoms with van der Waals surface area (Å²) in [5.74, 6) is 0.889. The highest BCUT2D eigenvalue weighted by atomic mass is 79.9. The van der Waals surface area contributed by atoms with Crippen molar-refractivity contribution in [1.29, 1.82) is 0 Å². The molecule has 0 aromatic heterocycles. The highest BCUT2D eigenvalue weighted by Gasteiger charge is 2.65. The monoisotopic (exact) mass is 300 g/mol. The summed E-state index contributed by atoms with van der Waals surface area (Å²) in [5.41, 5.74) is 0.295. The molecule has 0 amide bonds. The van der Waals surface area contributed by atoms with Crippen LogP contribution in [0.4, 0.5) is 0 Å². The Balaban J connectivity index is 1.98. The fraction of sp³-hybridized carbons (Fsp3) is 0.538. The average molecular weight is 302 g/mol. The van der Waals surface area contributed by atoms with Gasteiger partial charge in [0, 0.05) is 15.1 Å². The Hall–Kier alpha value is -0.0500. The van der Waals surface area contributed by atoms with Crippen LogP contribution >= 0.6 is 27.5 Å². The molecule has 1 N–H and O–H groups in total. The maximum Gasteiger partial charge on any atom is 0.0974 e. The van der Waals surface area contributed by atoms with Gasteiger partial charge in [-0.25, -0.2) is 0 Å². The molecule has 2 saturated carbocycles. The minimum atomic E-state index is -0.631. The first kappa shape index (κ1) is 11.1.